The summed E-state index contributed by atoms with van der Waals surface area (Å²) in [5.41, 5.74) is 3.35. The Balaban J connectivity index is 0.00000228. The van der Waals surface area contributed by atoms with Gasteiger partial charge < -0.3 is 10.2 Å². The van der Waals surface area contributed by atoms with Crippen LogP contribution in [-0.2, 0) is 20.8 Å². The molecule has 2 atom stereocenters. The molecule has 0 saturated heterocycles. The van der Waals surface area contributed by atoms with Gasteiger partial charge in [-0.05, 0) is 34.9 Å². The van der Waals surface area contributed by atoms with Crippen molar-refractivity contribution in [2.45, 2.75) is 25.8 Å². The highest BCUT2D eigenvalue weighted by molar-refractivity contribution is 7.59. The number of anilines is 1. The van der Waals surface area contributed by atoms with Crippen molar-refractivity contribution in [2.75, 3.05) is 11.9 Å². The van der Waals surface area contributed by atoms with E-state index in [4.69, 9.17) is 0 Å². The summed E-state index contributed by atoms with van der Waals surface area (Å²) in [5, 5.41) is 2.81. The number of rotatable bonds is 6. The molecule has 0 fully saturated rings. The summed E-state index contributed by atoms with van der Waals surface area (Å²) in [6, 6.07) is 16.9. The number of hydrogen-bond acceptors (Lipinski definition) is 3. The van der Waals surface area contributed by atoms with Gasteiger partial charge in [0.25, 0.3) is 5.91 Å². The van der Waals surface area contributed by atoms with Gasteiger partial charge in [-0.2, -0.15) is 27.0 Å². The summed E-state index contributed by atoms with van der Waals surface area (Å²) >= 11 is 0. The summed E-state index contributed by atoms with van der Waals surface area (Å²) in [5.74, 6) is -3.33. The van der Waals surface area contributed by atoms with Gasteiger partial charge in [-0.25, -0.2) is 8.78 Å². The third kappa shape index (κ3) is 6.14. The normalized spacial score (nSPS) is 14.8. The first kappa shape index (κ1) is 29.1. The van der Waals surface area contributed by atoms with Crippen LogP contribution in [0, 0.1) is 17.6 Å². The highest BCUT2D eigenvalue weighted by atomic mass is 32.1. The van der Waals surface area contributed by atoms with Gasteiger partial charge in [0, 0.05) is 37.4 Å². The highest BCUT2D eigenvalue weighted by Gasteiger charge is 2.34. The molecule has 1 aliphatic rings. The monoisotopic (exact) mass is 530 g/mol. The topological polar surface area (TPSA) is 66.5 Å². The van der Waals surface area contributed by atoms with Crippen LogP contribution in [0.4, 0.5) is 14.5 Å². The molecule has 0 aliphatic carbocycles. The Morgan fingerprint density at radius 3 is 2.19 bits per heavy atom. The van der Waals surface area contributed by atoms with Crippen LogP contribution in [0.5, 0.6) is 0 Å². The first-order valence-corrected chi connectivity index (χ1v) is 11.0. The van der Waals surface area contributed by atoms with Crippen molar-refractivity contribution in [2.24, 2.45) is 5.92 Å². The Labute approximate surface area is 222 Å². The van der Waals surface area contributed by atoms with Crippen molar-refractivity contribution in [3.8, 4) is 11.1 Å². The molecule has 9 heteroatoms. The van der Waals surface area contributed by atoms with Crippen LogP contribution in [0.3, 0.4) is 0 Å². The Morgan fingerprint density at radius 2 is 1.53 bits per heavy atom. The van der Waals surface area contributed by atoms with E-state index in [1.165, 1.54) is 4.90 Å². The van der Waals surface area contributed by atoms with Crippen LogP contribution in [0.15, 0.2) is 66.7 Å². The first-order valence-electron chi connectivity index (χ1n) is 11.0. The predicted octanol–water partition coefficient (Wildman–Crippen LogP) is 4.83. The molecule has 3 aromatic carbocycles. The van der Waals surface area contributed by atoms with Crippen molar-refractivity contribution in [3.05, 3.63) is 89.5 Å². The van der Waals surface area contributed by atoms with E-state index in [2.05, 4.69) is 5.32 Å². The summed E-state index contributed by atoms with van der Waals surface area (Å²) in [6.07, 6.45) is -0.307. The quantitative estimate of drug-likeness (QED) is 0.497. The fraction of sp³-hybridized carbons (Fsp3) is 0.222. The minimum absolute atomic E-state index is 0. The zero-order valence-electron chi connectivity index (χ0n) is 19.8. The lowest BCUT2D eigenvalue weighted by Gasteiger charge is -2.24. The van der Waals surface area contributed by atoms with E-state index in [-0.39, 0.29) is 57.1 Å². The lowest BCUT2D eigenvalue weighted by atomic mass is 9.94. The van der Waals surface area contributed by atoms with Crippen LogP contribution in [-0.4, -0.2) is 24.6 Å². The third-order valence-corrected chi connectivity index (χ3v) is 6.00. The number of Topliss-reactive ketones (excluding diaryl/α,β-unsaturated/α-hetero) is 1. The molecule has 1 aliphatic heterocycles. The van der Waals surface area contributed by atoms with Gasteiger partial charge in [-0.15, -0.1) is 0 Å². The number of nitrogens with one attached hydrogen (secondary N) is 1. The first-order chi connectivity index (χ1) is 16.2. The summed E-state index contributed by atoms with van der Waals surface area (Å²) in [4.78, 5) is 40.3. The number of benzene rings is 3. The van der Waals surface area contributed by atoms with Gasteiger partial charge in [-0.1, -0.05) is 49.4 Å². The van der Waals surface area contributed by atoms with Gasteiger partial charge >= 0.3 is 0 Å². The molecule has 1 heterocycles. The van der Waals surface area contributed by atoms with Crippen molar-refractivity contribution in [3.63, 3.8) is 0 Å². The van der Waals surface area contributed by atoms with E-state index in [1.54, 1.807) is 14.0 Å². The van der Waals surface area contributed by atoms with Crippen LogP contribution in [0.2, 0.25) is 0 Å². The second-order valence-corrected chi connectivity index (χ2v) is 8.54. The van der Waals surface area contributed by atoms with Crippen molar-refractivity contribution in [1.82, 2.24) is 5.32 Å². The Hall–Kier alpha value is -3.17. The molecule has 0 spiro atoms. The second kappa shape index (κ2) is 12.2. The number of nitrogens with zero attached hydrogens (tertiary/aromatic N) is 1. The van der Waals surface area contributed by atoms with E-state index in [9.17, 15) is 23.2 Å². The number of likely N-dealkylation sites (N-methyl/N-ethyl adjacent to an activating group) is 1. The van der Waals surface area contributed by atoms with Crippen molar-refractivity contribution < 1.29 is 23.2 Å². The molecule has 0 aromatic heterocycles. The predicted molar refractivity (Wildman–Crippen MR) is 146 cm³/mol. The SMILES string of the molecule is C[C@H](CC(=O)Cc1cc(F)cc(F)c1)C(=O)N[C@@H]1C(=O)N(C)c2ccccc2-c2ccccc21.S.S. The molecule has 3 aromatic rings. The number of carbonyl (C=O) groups excluding carboxylic acids is 3. The lowest BCUT2D eigenvalue weighted by Crippen LogP contribution is -2.42. The number of para-hydroxylation sites is 1. The molecule has 0 bridgehead atoms. The van der Waals surface area contributed by atoms with Crippen molar-refractivity contribution >= 4 is 50.3 Å². The fourth-order valence-corrected chi connectivity index (χ4v) is 4.30. The summed E-state index contributed by atoms with van der Waals surface area (Å²) in [7, 11) is 1.66. The molecular weight excluding hydrogens is 502 g/mol. The Morgan fingerprint density at radius 1 is 0.944 bits per heavy atom. The molecule has 1 N–H and O–H groups in total. The highest BCUT2D eigenvalue weighted by Crippen LogP contribution is 2.39. The third-order valence-electron chi connectivity index (χ3n) is 6.00. The Kier molecular flexibility index (Phi) is 9.84. The van der Waals surface area contributed by atoms with Gasteiger partial charge in [0.05, 0.1) is 5.69 Å². The molecule has 0 unspecified atom stereocenters. The molecule has 190 valence electrons. The number of amides is 2. The van der Waals surface area contributed by atoms with E-state index < -0.39 is 29.5 Å². The molecule has 4 rings (SSSR count). The molecule has 0 saturated carbocycles. The summed E-state index contributed by atoms with van der Waals surface area (Å²) < 4.78 is 26.8. The van der Waals surface area contributed by atoms with Crippen molar-refractivity contribution in [1.29, 1.82) is 0 Å². The molecular formula is C27H28F2N2O3S2. The largest absolute Gasteiger partial charge is 0.340 e. The zero-order chi connectivity index (χ0) is 24.4. The minimum Gasteiger partial charge on any atom is -0.340 e. The standard InChI is InChI=1S/C27H24F2N2O3.2H2S/c1-16(11-20(32)14-17-12-18(28)15-19(29)13-17)26(33)30-25-23-9-4-3-7-21(23)22-8-5-6-10-24(22)31(2)27(25)34;;/h3-10,12-13,15-16,25H,11,14H2,1-2H3,(H,30,33);2*1H2/t16-,25+;;/m1../s1. The summed E-state index contributed by atoms with van der Waals surface area (Å²) in [6.45, 7) is 1.59. The van der Waals surface area contributed by atoms with Crippen LogP contribution in [0.1, 0.15) is 30.5 Å². The lowest BCUT2D eigenvalue weighted by molar-refractivity contribution is -0.131. The van der Waals surface area contributed by atoms with E-state index in [0.717, 1.165) is 35.0 Å². The maximum absolute atomic E-state index is 13.4. The molecule has 5 nitrogen and oxygen atoms in total. The average molecular weight is 531 g/mol. The smallest absolute Gasteiger partial charge is 0.253 e. The average Bonchev–Trinajstić information content (AvgIpc) is 2.88. The number of hydrogen-bond donors (Lipinski definition) is 1. The van der Waals surface area contributed by atoms with E-state index in [1.807, 2.05) is 48.5 Å². The number of fused-ring (bicyclic) bond motifs is 3. The van der Waals surface area contributed by atoms with Gasteiger partial charge in [0.2, 0.25) is 5.91 Å². The number of ketones is 1. The molecule has 0 radical (unpaired) electrons. The Bertz CT molecular complexity index is 1270. The second-order valence-electron chi connectivity index (χ2n) is 8.54. The van der Waals surface area contributed by atoms with E-state index >= 15 is 0 Å². The maximum Gasteiger partial charge on any atom is 0.253 e. The van der Waals surface area contributed by atoms with Gasteiger partial charge in [-0.3, -0.25) is 14.4 Å². The molecule has 2 amide bonds. The van der Waals surface area contributed by atoms with Gasteiger partial charge in [0.1, 0.15) is 23.5 Å². The fourth-order valence-electron chi connectivity index (χ4n) is 4.30. The number of halogens is 2. The van der Waals surface area contributed by atoms with Crippen LogP contribution in [0.25, 0.3) is 11.1 Å². The van der Waals surface area contributed by atoms with Gasteiger partial charge in [0.15, 0.2) is 0 Å². The van der Waals surface area contributed by atoms with E-state index in [0.29, 0.717) is 5.56 Å². The maximum atomic E-state index is 13.4. The molecule has 36 heavy (non-hydrogen) atoms. The zero-order valence-corrected chi connectivity index (χ0v) is 21.8. The van der Waals surface area contributed by atoms with Crippen LogP contribution >= 0.6 is 27.0 Å². The van der Waals surface area contributed by atoms with Crippen LogP contribution < -0.4 is 10.2 Å². The minimum atomic E-state index is -0.920. The number of carbonyl (C=O) groups is 3.